The monoisotopic (exact) mass is 244 g/mol. The van der Waals surface area contributed by atoms with Crippen LogP contribution in [0.4, 0.5) is 0 Å². The van der Waals surface area contributed by atoms with Crippen molar-refractivity contribution in [2.45, 2.75) is 19.4 Å². The van der Waals surface area contributed by atoms with Crippen molar-refractivity contribution in [1.82, 2.24) is 20.5 Å². The number of benzene rings is 1. The Morgan fingerprint density at radius 1 is 1.22 bits per heavy atom. The Morgan fingerprint density at radius 2 is 2.06 bits per heavy atom. The SMILES string of the molecule is CC1CCNCC1Oc1nnc2ccccc2n1. The normalized spacial score (nSPS) is 24.1. The number of ether oxygens (including phenoxy) is 1. The van der Waals surface area contributed by atoms with Crippen LogP contribution in [-0.2, 0) is 0 Å². The second-order valence-electron chi connectivity index (χ2n) is 4.71. The fourth-order valence-electron chi connectivity index (χ4n) is 2.17. The van der Waals surface area contributed by atoms with E-state index in [2.05, 4.69) is 27.4 Å². The zero-order valence-electron chi connectivity index (χ0n) is 10.3. The first-order valence-electron chi connectivity index (χ1n) is 6.30. The van der Waals surface area contributed by atoms with Crippen LogP contribution in [0.15, 0.2) is 24.3 Å². The van der Waals surface area contributed by atoms with Crippen molar-refractivity contribution in [2.24, 2.45) is 5.92 Å². The number of fused-ring (bicyclic) bond motifs is 1. The number of nitrogens with one attached hydrogen (secondary N) is 1. The van der Waals surface area contributed by atoms with Crippen LogP contribution in [0.1, 0.15) is 13.3 Å². The minimum Gasteiger partial charge on any atom is -0.457 e. The van der Waals surface area contributed by atoms with Gasteiger partial charge >= 0.3 is 6.01 Å². The molecule has 94 valence electrons. The lowest BCUT2D eigenvalue weighted by atomic mass is 9.97. The molecule has 1 N–H and O–H groups in total. The summed E-state index contributed by atoms with van der Waals surface area (Å²) in [7, 11) is 0. The van der Waals surface area contributed by atoms with Gasteiger partial charge in [0.25, 0.3) is 0 Å². The standard InChI is InChI=1S/C13H16N4O/c1-9-6-7-14-8-12(9)18-13-15-10-4-2-3-5-11(10)16-17-13/h2-5,9,12,14H,6-8H2,1H3. The molecule has 3 rings (SSSR count). The number of hydrogen-bond acceptors (Lipinski definition) is 5. The predicted octanol–water partition coefficient (Wildman–Crippen LogP) is 1.40. The highest BCUT2D eigenvalue weighted by atomic mass is 16.5. The Morgan fingerprint density at radius 3 is 2.89 bits per heavy atom. The van der Waals surface area contributed by atoms with E-state index in [9.17, 15) is 0 Å². The lowest BCUT2D eigenvalue weighted by Crippen LogP contribution is -2.43. The topological polar surface area (TPSA) is 59.9 Å². The fourth-order valence-corrected chi connectivity index (χ4v) is 2.17. The van der Waals surface area contributed by atoms with E-state index >= 15 is 0 Å². The molecule has 1 aromatic heterocycles. The molecule has 18 heavy (non-hydrogen) atoms. The van der Waals surface area contributed by atoms with E-state index in [1.54, 1.807) is 0 Å². The molecular formula is C13H16N4O. The van der Waals surface area contributed by atoms with Crippen LogP contribution >= 0.6 is 0 Å². The van der Waals surface area contributed by atoms with Gasteiger partial charge in [-0.3, -0.25) is 0 Å². The maximum atomic E-state index is 5.83. The highest BCUT2D eigenvalue weighted by molar-refractivity contribution is 5.73. The first kappa shape index (κ1) is 11.3. The number of para-hydroxylation sites is 1. The summed E-state index contributed by atoms with van der Waals surface area (Å²) in [5.41, 5.74) is 1.61. The van der Waals surface area contributed by atoms with Gasteiger partial charge in [-0.05, 0) is 31.0 Å². The lowest BCUT2D eigenvalue weighted by molar-refractivity contribution is 0.103. The van der Waals surface area contributed by atoms with Gasteiger partial charge in [0.05, 0.1) is 5.52 Å². The highest BCUT2D eigenvalue weighted by Gasteiger charge is 2.23. The van der Waals surface area contributed by atoms with Crippen molar-refractivity contribution >= 4 is 11.0 Å². The van der Waals surface area contributed by atoms with Crippen LogP contribution in [0.3, 0.4) is 0 Å². The third-order valence-electron chi connectivity index (χ3n) is 3.35. The Balaban J connectivity index is 1.81. The van der Waals surface area contributed by atoms with Crippen LogP contribution in [-0.4, -0.2) is 34.4 Å². The average Bonchev–Trinajstić information content (AvgIpc) is 2.41. The van der Waals surface area contributed by atoms with Crippen LogP contribution in [0.5, 0.6) is 6.01 Å². The minimum absolute atomic E-state index is 0.127. The molecule has 2 atom stereocenters. The van der Waals surface area contributed by atoms with Gasteiger partial charge in [0, 0.05) is 6.54 Å². The van der Waals surface area contributed by atoms with Gasteiger partial charge in [-0.15, -0.1) is 5.10 Å². The molecule has 1 aliphatic heterocycles. The van der Waals surface area contributed by atoms with Gasteiger partial charge in [-0.1, -0.05) is 24.2 Å². The van der Waals surface area contributed by atoms with Gasteiger partial charge in [-0.2, -0.15) is 4.98 Å². The molecular weight excluding hydrogens is 228 g/mol. The number of aromatic nitrogens is 3. The van der Waals surface area contributed by atoms with Gasteiger partial charge < -0.3 is 10.1 Å². The third-order valence-corrected chi connectivity index (χ3v) is 3.35. The summed E-state index contributed by atoms with van der Waals surface area (Å²) in [4.78, 5) is 4.38. The van der Waals surface area contributed by atoms with Crippen molar-refractivity contribution < 1.29 is 4.74 Å². The molecule has 0 bridgehead atoms. The van der Waals surface area contributed by atoms with Gasteiger partial charge in [-0.25, -0.2) is 0 Å². The van der Waals surface area contributed by atoms with E-state index in [1.807, 2.05) is 24.3 Å². The maximum Gasteiger partial charge on any atom is 0.336 e. The van der Waals surface area contributed by atoms with Crippen molar-refractivity contribution in [3.8, 4) is 6.01 Å². The smallest absolute Gasteiger partial charge is 0.336 e. The molecule has 0 amide bonds. The summed E-state index contributed by atoms with van der Waals surface area (Å²) in [5, 5.41) is 11.5. The quantitative estimate of drug-likeness (QED) is 0.865. The second-order valence-corrected chi connectivity index (χ2v) is 4.71. The Bertz CT molecular complexity index is 545. The average molecular weight is 244 g/mol. The zero-order valence-corrected chi connectivity index (χ0v) is 10.3. The molecule has 0 aliphatic carbocycles. The molecule has 1 aliphatic rings. The second kappa shape index (κ2) is 4.86. The van der Waals surface area contributed by atoms with E-state index < -0.39 is 0 Å². The molecule has 2 aromatic rings. The number of nitrogens with zero attached hydrogens (tertiary/aromatic N) is 3. The van der Waals surface area contributed by atoms with Crippen molar-refractivity contribution in [3.05, 3.63) is 24.3 Å². The first-order valence-corrected chi connectivity index (χ1v) is 6.30. The molecule has 5 heteroatoms. The fraction of sp³-hybridized carbons (Fsp3) is 0.462. The van der Waals surface area contributed by atoms with Crippen LogP contribution in [0.25, 0.3) is 11.0 Å². The van der Waals surface area contributed by atoms with E-state index in [4.69, 9.17) is 4.74 Å². The molecule has 5 nitrogen and oxygen atoms in total. The predicted molar refractivity (Wildman–Crippen MR) is 68.4 cm³/mol. The van der Waals surface area contributed by atoms with Gasteiger partial charge in [0.2, 0.25) is 0 Å². The molecule has 1 fully saturated rings. The highest BCUT2D eigenvalue weighted by Crippen LogP contribution is 2.17. The molecule has 0 spiro atoms. The van der Waals surface area contributed by atoms with E-state index in [0.29, 0.717) is 11.9 Å². The molecule has 1 aromatic carbocycles. The maximum absolute atomic E-state index is 5.83. The van der Waals surface area contributed by atoms with Gasteiger partial charge in [0.15, 0.2) is 0 Å². The van der Waals surface area contributed by atoms with Crippen molar-refractivity contribution in [3.63, 3.8) is 0 Å². The molecule has 1 saturated heterocycles. The first-order chi connectivity index (χ1) is 8.83. The molecule has 2 unspecified atom stereocenters. The lowest BCUT2D eigenvalue weighted by Gasteiger charge is -2.28. The number of hydrogen-bond donors (Lipinski definition) is 1. The Hall–Kier alpha value is -1.75. The summed E-state index contributed by atoms with van der Waals surface area (Å²) >= 11 is 0. The van der Waals surface area contributed by atoms with E-state index in [0.717, 1.165) is 30.5 Å². The number of piperidine rings is 1. The Labute approximate surface area is 106 Å². The summed E-state index contributed by atoms with van der Waals surface area (Å²) in [6.45, 7) is 4.09. The Kier molecular flexibility index (Phi) is 3.06. The largest absolute Gasteiger partial charge is 0.457 e. The summed E-state index contributed by atoms with van der Waals surface area (Å²) in [6.07, 6.45) is 1.24. The van der Waals surface area contributed by atoms with E-state index in [-0.39, 0.29) is 6.10 Å². The summed E-state index contributed by atoms with van der Waals surface area (Å²) in [5.74, 6) is 0.515. The van der Waals surface area contributed by atoms with Gasteiger partial charge in [0.1, 0.15) is 11.6 Å². The zero-order chi connectivity index (χ0) is 12.4. The van der Waals surface area contributed by atoms with Crippen LogP contribution in [0.2, 0.25) is 0 Å². The third kappa shape index (κ3) is 2.26. The van der Waals surface area contributed by atoms with Crippen molar-refractivity contribution in [1.29, 1.82) is 0 Å². The minimum atomic E-state index is 0.127. The molecule has 2 heterocycles. The van der Waals surface area contributed by atoms with Crippen LogP contribution < -0.4 is 10.1 Å². The summed E-state index contributed by atoms with van der Waals surface area (Å²) in [6, 6.07) is 8.04. The molecule has 0 radical (unpaired) electrons. The molecule has 0 saturated carbocycles. The summed E-state index contributed by atoms with van der Waals surface area (Å²) < 4.78 is 5.83. The van der Waals surface area contributed by atoms with E-state index in [1.165, 1.54) is 0 Å². The van der Waals surface area contributed by atoms with Crippen LogP contribution in [0, 0.1) is 5.92 Å². The van der Waals surface area contributed by atoms with Crippen molar-refractivity contribution in [2.75, 3.05) is 13.1 Å². The number of rotatable bonds is 2.